The highest BCUT2D eigenvalue weighted by molar-refractivity contribution is 5.73. The number of aliphatic hydroxyl groups is 1. The van der Waals surface area contributed by atoms with E-state index >= 15 is 0 Å². The van der Waals surface area contributed by atoms with Crippen molar-refractivity contribution in [1.82, 2.24) is 20.0 Å². The van der Waals surface area contributed by atoms with Crippen LogP contribution in [0.15, 0.2) is 30.3 Å². The fourth-order valence-electron chi connectivity index (χ4n) is 3.21. The number of likely N-dealkylation sites (N-methyl/N-ethyl adjacent to an activating group) is 1. The highest BCUT2D eigenvalue weighted by Crippen LogP contribution is 2.17. The molecule has 0 radical (unpaired) electrons. The van der Waals surface area contributed by atoms with Gasteiger partial charge in [-0.3, -0.25) is 4.90 Å². The lowest BCUT2D eigenvalue weighted by Gasteiger charge is -2.43. The Hall–Kier alpha value is -1.63. The quantitative estimate of drug-likeness (QED) is 0.776. The van der Waals surface area contributed by atoms with E-state index in [1.54, 1.807) is 11.9 Å². The van der Waals surface area contributed by atoms with E-state index in [1.807, 2.05) is 30.3 Å². The van der Waals surface area contributed by atoms with Crippen LogP contribution in [0.4, 0.5) is 4.79 Å². The summed E-state index contributed by atoms with van der Waals surface area (Å²) in [5.74, 6) is 0. The van der Waals surface area contributed by atoms with Crippen molar-refractivity contribution in [2.45, 2.75) is 31.9 Å². The van der Waals surface area contributed by atoms with Crippen molar-refractivity contribution in [1.29, 1.82) is 0 Å². The van der Waals surface area contributed by atoms with Gasteiger partial charge >= 0.3 is 6.03 Å². The molecule has 0 spiro atoms. The Morgan fingerprint density at radius 2 is 1.85 bits per heavy atom. The van der Waals surface area contributed by atoms with Crippen LogP contribution in [0.5, 0.6) is 0 Å². The number of amides is 2. The standard InChI is InChI=1S/C20H34N4O2/c1-20(2,24-14-12-22(3)13-15-24)16-21-19(26)23(4)11-10-18(25)17-8-6-5-7-9-17/h5-9,18,25H,10-16H2,1-4H3,(H,21,26)/t18-/m1/s1. The molecule has 0 saturated carbocycles. The molecule has 0 aromatic heterocycles. The number of nitrogens with zero attached hydrogens (tertiary/aromatic N) is 3. The first-order valence-corrected chi connectivity index (χ1v) is 9.45. The summed E-state index contributed by atoms with van der Waals surface area (Å²) in [6.07, 6.45) is -0.0243. The summed E-state index contributed by atoms with van der Waals surface area (Å²) in [5, 5.41) is 13.3. The molecule has 26 heavy (non-hydrogen) atoms. The van der Waals surface area contributed by atoms with E-state index in [2.05, 4.69) is 36.0 Å². The lowest BCUT2D eigenvalue weighted by molar-refractivity contribution is 0.0623. The van der Waals surface area contributed by atoms with Gasteiger partial charge in [-0.1, -0.05) is 30.3 Å². The second-order valence-corrected chi connectivity index (χ2v) is 7.90. The fourth-order valence-corrected chi connectivity index (χ4v) is 3.21. The van der Waals surface area contributed by atoms with Gasteiger partial charge in [0.05, 0.1) is 6.10 Å². The Balaban J connectivity index is 1.74. The first kappa shape index (κ1) is 20.7. The van der Waals surface area contributed by atoms with Crippen molar-refractivity contribution in [2.24, 2.45) is 0 Å². The molecule has 1 saturated heterocycles. The highest BCUT2D eigenvalue weighted by Gasteiger charge is 2.29. The third-order valence-corrected chi connectivity index (χ3v) is 5.30. The maximum absolute atomic E-state index is 12.4. The van der Waals surface area contributed by atoms with Gasteiger partial charge in [0.1, 0.15) is 0 Å². The summed E-state index contributed by atoms with van der Waals surface area (Å²) in [7, 11) is 3.92. The van der Waals surface area contributed by atoms with Gasteiger partial charge in [-0.2, -0.15) is 0 Å². The van der Waals surface area contributed by atoms with Crippen LogP contribution < -0.4 is 5.32 Å². The highest BCUT2D eigenvalue weighted by atomic mass is 16.3. The number of carbonyl (C=O) groups is 1. The van der Waals surface area contributed by atoms with Crippen molar-refractivity contribution < 1.29 is 9.90 Å². The molecule has 2 N–H and O–H groups in total. The molecule has 1 aromatic rings. The zero-order valence-corrected chi connectivity index (χ0v) is 16.6. The lowest BCUT2D eigenvalue weighted by Crippen LogP contribution is -2.58. The zero-order chi connectivity index (χ0) is 19.2. The van der Waals surface area contributed by atoms with Crippen LogP contribution in [0.3, 0.4) is 0 Å². The maximum atomic E-state index is 12.4. The average Bonchev–Trinajstić information content (AvgIpc) is 2.65. The smallest absolute Gasteiger partial charge is 0.317 e. The van der Waals surface area contributed by atoms with Crippen molar-refractivity contribution in [3.05, 3.63) is 35.9 Å². The van der Waals surface area contributed by atoms with Crippen molar-refractivity contribution in [3.63, 3.8) is 0 Å². The fraction of sp³-hybridized carbons (Fsp3) is 0.650. The summed E-state index contributed by atoms with van der Waals surface area (Å²) in [6, 6.07) is 9.47. The van der Waals surface area contributed by atoms with E-state index in [0.717, 1.165) is 31.7 Å². The van der Waals surface area contributed by atoms with E-state index in [1.165, 1.54) is 0 Å². The van der Waals surface area contributed by atoms with Crippen molar-refractivity contribution in [3.8, 4) is 0 Å². The van der Waals surface area contributed by atoms with E-state index in [9.17, 15) is 9.90 Å². The minimum absolute atomic E-state index is 0.0681. The molecule has 0 aliphatic carbocycles. The molecule has 1 atom stereocenters. The Morgan fingerprint density at radius 3 is 2.46 bits per heavy atom. The monoisotopic (exact) mass is 362 g/mol. The summed E-state index contributed by atoms with van der Waals surface area (Å²) >= 11 is 0. The molecular weight excluding hydrogens is 328 g/mol. The molecule has 6 nitrogen and oxygen atoms in total. The van der Waals surface area contributed by atoms with Crippen LogP contribution in [0, 0.1) is 0 Å². The maximum Gasteiger partial charge on any atom is 0.317 e. The van der Waals surface area contributed by atoms with E-state index < -0.39 is 6.10 Å². The van der Waals surface area contributed by atoms with Crippen LogP contribution in [-0.4, -0.2) is 84.7 Å². The number of hydrogen-bond acceptors (Lipinski definition) is 4. The lowest BCUT2D eigenvalue weighted by atomic mass is 10.0. The van der Waals surface area contributed by atoms with Gasteiger partial charge in [0.2, 0.25) is 0 Å². The number of aliphatic hydroxyl groups excluding tert-OH is 1. The molecule has 2 amide bonds. The van der Waals surface area contributed by atoms with E-state index in [4.69, 9.17) is 0 Å². The molecule has 1 aliphatic rings. The molecular formula is C20H34N4O2. The molecule has 1 aliphatic heterocycles. The second kappa shape index (κ2) is 9.35. The van der Waals surface area contributed by atoms with Gasteiger partial charge < -0.3 is 20.2 Å². The first-order valence-electron chi connectivity index (χ1n) is 9.45. The summed E-state index contributed by atoms with van der Waals surface area (Å²) in [5.41, 5.74) is 0.818. The Bertz CT molecular complexity index is 556. The third kappa shape index (κ3) is 5.97. The SMILES string of the molecule is CN1CCN(C(C)(C)CNC(=O)N(C)CC[C@@H](O)c2ccccc2)CC1. The summed E-state index contributed by atoms with van der Waals surface area (Å²) in [4.78, 5) is 18.8. The van der Waals surface area contributed by atoms with Crippen LogP contribution in [0.2, 0.25) is 0 Å². The number of piperazine rings is 1. The number of rotatable bonds is 7. The predicted octanol–water partition coefficient (Wildman–Crippen LogP) is 1.78. The van der Waals surface area contributed by atoms with E-state index in [0.29, 0.717) is 19.5 Å². The van der Waals surface area contributed by atoms with E-state index in [-0.39, 0.29) is 11.6 Å². The third-order valence-electron chi connectivity index (χ3n) is 5.30. The molecule has 0 unspecified atom stereocenters. The molecule has 6 heteroatoms. The van der Waals surface area contributed by atoms with Crippen molar-refractivity contribution >= 4 is 6.03 Å². The minimum atomic E-state index is -0.548. The Kier molecular flexibility index (Phi) is 7.43. The Morgan fingerprint density at radius 1 is 1.23 bits per heavy atom. The first-order chi connectivity index (χ1) is 12.3. The number of nitrogens with one attached hydrogen (secondary N) is 1. The van der Waals surface area contributed by atoms with Gasteiger partial charge in [-0.05, 0) is 32.9 Å². The molecule has 146 valence electrons. The van der Waals surface area contributed by atoms with Gasteiger partial charge in [0, 0.05) is 51.9 Å². The van der Waals surface area contributed by atoms with Crippen LogP contribution in [0.1, 0.15) is 31.9 Å². The van der Waals surface area contributed by atoms with Crippen LogP contribution in [-0.2, 0) is 0 Å². The van der Waals surface area contributed by atoms with Gasteiger partial charge in [0.15, 0.2) is 0 Å². The zero-order valence-electron chi connectivity index (χ0n) is 16.6. The predicted molar refractivity (Wildman–Crippen MR) is 105 cm³/mol. The topological polar surface area (TPSA) is 59.0 Å². The van der Waals surface area contributed by atoms with Gasteiger partial charge in [-0.25, -0.2) is 4.79 Å². The summed E-state index contributed by atoms with van der Waals surface area (Å²) < 4.78 is 0. The van der Waals surface area contributed by atoms with Gasteiger partial charge in [-0.15, -0.1) is 0 Å². The number of carbonyl (C=O) groups excluding carboxylic acids is 1. The average molecular weight is 363 g/mol. The molecule has 2 rings (SSSR count). The largest absolute Gasteiger partial charge is 0.388 e. The second-order valence-electron chi connectivity index (χ2n) is 7.90. The summed E-state index contributed by atoms with van der Waals surface area (Å²) in [6.45, 7) is 9.66. The normalized spacial score (nSPS) is 17.7. The van der Waals surface area contributed by atoms with Gasteiger partial charge in [0.25, 0.3) is 0 Å². The Labute approximate surface area is 157 Å². The number of hydrogen-bond donors (Lipinski definition) is 2. The van der Waals surface area contributed by atoms with Crippen molar-refractivity contribution in [2.75, 3.05) is 53.4 Å². The molecule has 1 heterocycles. The molecule has 1 fully saturated rings. The molecule has 1 aromatic carbocycles. The van der Waals surface area contributed by atoms with Crippen LogP contribution in [0.25, 0.3) is 0 Å². The molecule has 0 bridgehead atoms. The minimum Gasteiger partial charge on any atom is -0.388 e. The van der Waals surface area contributed by atoms with Crippen LogP contribution >= 0.6 is 0 Å². The number of urea groups is 1. The number of benzene rings is 1.